The van der Waals surface area contributed by atoms with Gasteiger partial charge in [0.15, 0.2) is 0 Å². The fourth-order valence-corrected chi connectivity index (χ4v) is 1.38. The van der Waals surface area contributed by atoms with Crippen molar-refractivity contribution in [2.45, 2.75) is 13.0 Å². The van der Waals surface area contributed by atoms with E-state index in [9.17, 15) is 0 Å². The highest BCUT2D eigenvalue weighted by molar-refractivity contribution is 5.17. The first-order valence-corrected chi connectivity index (χ1v) is 5.14. The minimum absolute atomic E-state index is 0.656. The third-order valence-corrected chi connectivity index (χ3v) is 2.20. The number of pyridine rings is 1. The smallest absolute Gasteiger partial charge is 0.212 e. The molecule has 2 N–H and O–H groups in total. The van der Waals surface area contributed by atoms with Gasteiger partial charge in [0.05, 0.1) is 7.11 Å². The molecule has 15 heavy (non-hydrogen) atoms. The molecule has 1 heterocycles. The molecule has 0 unspecified atom stereocenters. The van der Waals surface area contributed by atoms with E-state index in [1.54, 1.807) is 7.11 Å². The SMILES string of the molecule is COc1ccc(CN(C)CCCN)cn1. The summed E-state index contributed by atoms with van der Waals surface area (Å²) in [6.45, 7) is 2.66. The minimum atomic E-state index is 0.656. The van der Waals surface area contributed by atoms with Gasteiger partial charge in [0.1, 0.15) is 0 Å². The third kappa shape index (κ3) is 4.27. The first kappa shape index (κ1) is 11.9. The Hall–Kier alpha value is -1.13. The standard InChI is InChI=1S/C11H19N3O/c1-14(7-3-6-12)9-10-4-5-11(15-2)13-8-10/h4-5,8H,3,6-7,9,12H2,1-2H3. The summed E-state index contributed by atoms with van der Waals surface area (Å²) in [7, 11) is 3.70. The molecule has 1 aromatic heterocycles. The van der Waals surface area contributed by atoms with Gasteiger partial charge in [-0.2, -0.15) is 0 Å². The fraction of sp³-hybridized carbons (Fsp3) is 0.545. The molecule has 0 bridgehead atoms. The van der Waals surface area contributed by atoms with Crippen molar-refractivity contribution in [3.63, 3.8) is 0 Å². The lowest BCUT2D eigenvalue weighted by molar-refractivity contribution is 0.323. The van der Waals surface area contributed by atoms with Crippen LogP contribution in [0, 0.1) is 0 Å². The molecule has 1 aromatic rings. The van der Waals surface area contributed by atoms with Crippen molar-refractivity contribution in [3.05, 3.63) is 23.9 Å². The summed E-state index contributed by atoms with van der Waals surface area (Å²) in [6, 6.07) is 3.91. The van der Waals surface area contributed by atoms with Crippen molar-refractivity contribution in [1.29, 1.82) is 0 Å². The maximum absolute atomic E-state index is 5.45. The van der Waals surface area contributed by atoms with Gasteiger partial charge in [-0.1, -0.05) is 6.07 Å². The van der Waals surface area contributed by atoms with E-state index in [0.29, 0.717) is 5.88 Å². The van der Waals surface area contributed by atoms with Crippen molar-refractivity contribution < 1.29 is 4.74 Å². The Kier molecular flexibility index (Phi) is 5.07. The summed E-state index contributed by atoms with van der Waals surface area (Å²) in [5.74, 6) is 0.656. The van der Waals surface area contributed by atoms with Gasteiger partial charge in [0.2, 0.25) is 5.88 Å². The molecule has 0 spiro atoms. The maximum Gasteiger partial charge on any atom is 0.212 e. The normalized spacial score (nSPS) is 10.7. The zero-order valence-electron chi connectivity index (χ0n) is 9.44. The van der Waals surface area contributed by atoms with Gasteiger partial charge in [-0.3, -0.25) is 0 Å². The Morgan fingerprint density at radius 3 is 2.80 bits per heavy atom. The molecule has 0 aliphatic carbocycles. The second-order valence-electron chi connectivity index (χ2n) is 3.59. The van der Waals surface area contributed by atoms with Crippen LogP contribution in [0.1, 0.15) is 12.0 Å². The maximum atomic E-state index is 5.45. The average molecular weight is 209 g/mol. The Balaban J connectivity index is 2.42. The van der Waals surface area contributed by atoms with E-state index in [1.807, 2.05) is 18.3 Å². The Morgan fingerprint density at radius 2 is 2.27 bits per heavy atom. The molecule has 4 nitrogen and oxygen atoms in total. The Labute approximate surface area is 91.1 Å². The highest BCUT2D eigenvalue weighted by Gasteiger charge is 2.00. The molecule has 0 saturated carbocycles. The van der Waals surface area contributed by atoms with Crippen LogP contribution in [0.3, 0.4) is 0 Å². The van der Waals surface area contributed by atoms with Crippen molar-refractivity contribution >= 4 is 0 Å². The summed E-state index contributed by atoms with van der Waals surface area (Å²) in [4.78, 5) is 6.39. The molecular weight excluding hydrogens is 190 g/mol. The largest absolute Gasteiger partial charge is 0.481 e. The molecule has 0 saturated heterocycles. The highest BCUT2D eigenvalue weighted by Crippen LogP contribution is 2.08. The van der Waals surface area contributed by atoms with E-state index in [-0.39, 0.29) is 0 Å². The van der Waals surface area contributed by atoms with Crippen LogP contribution < -0.4 is 10.5 Å². The summed E-state index contributed by atoms with van der Waals surface area (Å²) in [6.07, 6.45) is 2.87. The second-order valence-corrected chi connectivity index (χ2v) is 3.59. The van der Waals surface area contributed by atoms with E-state index < -0.39 is 0 Å². The predicted molar refractivity (Wildman–Crippen MR) is 60.8 cm³/mol. The number of nitrogens with zero attached hydrogens (tertiary/aromatic N) is 2. The van der Waals surface area contributed by atoms with Gasteiger partial charge in [0, 0.05) is 18.8 Å². The zero-order chi connectivity index (χ0) is 11.1. The molecule has 1 rings (SSSR count). The van der Waals surface area contributed by atoms with E-state index in [2.05, 4.69) is 16.9 Å². The van der Waals surface area contributed by atoms with Gasteiger partial charge in [0.25, 0.3) is 0 Å². The average Bonchev–Trinajstić information content (AvgIpc) is 2.27. The van der Waals surface area contributed by atoms with Gasteiger partial charge in [-0.15, -0.1) is 0 Å². The van der Waals surface area contributed by atoms with Gasteiger partial charge < -0.3 is 15.4 Å². The van der Waals surface area contributed by atoms with E-state index in [4.69, 9.17) is 10.5 Å². The lowest BCUT2D eigenvalue weighted by Gasteiger charge is -2.15. The van der Waals surface area contributed by atoms with Crippen molar-refractivity contribution in [2.24, 2.45) is 5.73 Å². The first-order valence-electron chi connectivity index (χ1n) is 5.14. The number of rotatable bonds is 6. The molecule has 0 amide bonds. The summed E-state index contributed by atoms with van der Waals surface area (Å²) in [5, 5.41) is 0. The number of nitrogens with two attached hydrogens (primary N) is 1. The van der Waals surface area contributed by atoms with Crippen LogP contribution in [-0.4, -0.2) is 37.1 Å². The number of aromatic nitrogens is 1. The minimum Gasteiger partial charge on any atom is -0.481 e. The summed E-state index contributed by atoms with van der Waals surface area (Å²) >= 11 is 0. The number of hydrogen-bond acceptors (Lipinski definition) is 4. The van der Waals surface area contributed by atoms with Crippen molar-refractivity contribution in [1.82, 2.24) is 9.88 Å². The number of hydrogen-bond donors (Lipinski definition) is 1. The Bertz CT molecular complexity index is 274. The van der Waals surface area contributed by atoms with Crippen LogP contribution in [0.4, 0.5) is 0 Å². The quantitative estimate of drug-likeness (QED) is 0.755. The van der Waals surface area contributed by atoms with Crippen LogP contribution in [-0.2, 0) is 6.54 Å². The Morgan fingerprint density at radius 1 is 1.47 bits per heavy atom. The van der Waals surface area contributed by atoms with Gasteiger partial charge >= 0.3 is 0 Å². The molecule has 4 heteroatoms. The third-order valence-electron chi connectivity index (χ3n) is 2.20. The summed E-state index contributed by atoms with van der Waals surface area (Å²) in [5.41, 5.74) is 6.64. The molecule has 0 aliphatic rings. The molecule has 0 aromatic carbocycles. The van der Waals surface area contributed by atoms with E-state index in [0.717, 1.165) is 26.1 Å². The van der Waals surface area contributed by atoms with Gasteiger partial charge in [-0.25, -0.2) is 4.98 Å². The monoisotopic (exact) mass is 209 g/mol. The van der Waals surface area contributed by atoms with Gasteiger partial charge in [-0.05, 0) is 32.1 Å². The molecule has 0 aliphatic heterocycles. The molecule has 0 fully saturated rings. The summed E-state index contributed by atoms with van der Waals surface area (Å²) < 4.78 is 5.00. The van der Waals surface area contributed by atoms with Crippen LogP contribution in [0.25, 0.3) is 0 Å². The topological polar surface area (TPSA) is 51.4 Å². The van der Waals surface area contributed by atoms with Crippen LogP contribution in [0.2, 0.25) is 0 Å². The van der Waals surface area contributed by atoms with E-state index >= 15 is 0 Å². The molecular formula is C11H19N3O. The fourth-order valence-electron chi connectivity index (χ4n) is 1.38. The number of ether oxygens (including phenoxy) is 1. The van der Waals surface area contributed by atoms with Crippen molar-refractivity contribution in [2.75, 3.05) is 27.2 Å². The zero-order valence-corrected chi connectivity index (χ0v) is 9.44. The highest BCUT2D eigenvalue weighted by atomic mass is 16.5. The van der Waals surface area contributed by atoms with Crippen LogP contribution in [0.15, 0.2) is 18.3 Å². The lowest BCUT2D eigenvalue weighted by atomic mass is 10.2. The van der Waals surface area contributed by atoms with Crippen LogP contribution in [0.5, 0.6) is 5.88 Å². The second kappa shape index (κ2) is 6.37. The molecule has 84 valence electrons. The molecule has 0 atom stereocenters. The van der Waals surface area contributed by atoms with E-state index in [1.165, 1.54) is 5.56 Å². The lowest BCUT2D eigenvalue weighted by Crippen LogP contribution is -2.21. The van der Waals surface area contributed by atoms with Crippen molar-refractivity contribution in [3.8, 4) is 5.88 Å². The predicted octanol–water partition coefficient (Wildman–Crippen LogP) is 0.871. The first-order chi connectivity index (χ1) is 7.26. The number of methoxy groups -OCH3 is 1. The van der Waals surface area contributed by atoms with Crippen LogP contribution >= 0.6 is 0 Å². The molecule has 0 radical (unpaired) electrons.